The van der Waals surface area contributed by atoms with Crippen LogP contribution in [0.4, 0.5) is 4.79 Å². The van der Waals surface area contributed by atoms with Crippen LogP contribution < -0.4 is 11.1 Å². The lowest BCUT2D eigenvalue weighted by Crippen LogP contribution is -2.49. The average molecular weight is 144 g/mol. The molecule has 58 valence electrons. The van der Waals surface area contributed by atoms with Crippen LogP contribution in [0.1, 0.15) is 6.92 Å². The van der Waals surface area contributed by atoms with Gasteiger partial charge in [-0.15, -0.1) is 0 Å². The predicted molar refractivity (Wildman–Crippen MR) is 36.5 cm³/mol. The normalized spacial score (nSPS) is 21.3. The first kappa shape index (κ1) is 7.34. The average Bonchev–Trinajstić information content (AvgIpc) is 1.79. The van der Waals surface area contributed by atoms with Gasteiger partial charge in [-0.3, -0.25) is 0 Å². The van der Waals surface area contributed by atoms with E-state index in [4.69, 9.17) is 10.5 Å². The molecule has 4 nitrogen and oxygen atoms in total. The van der Waals surface area contributed by atoms with E-state index in [0.29, 0.717) is 19.8 Å². The van der Waals surface area contributed by atoms with Gasteiger partial charge in [0.1, 0.15) is 0 Å². The molecule has 0 aromatic carbocycles. The third kappa shape index (κ3) is 1.60. The maximum Gasteiger partial charge on any atom is 0.312 e. The summed E-state index contributed by atoms with van der Waals surface area (Å²) in [5.74, 6) is 0. The Balaban J connectivity index is 2.18. The topological polar surface area (TPSA) is 64.3 Å². The molecule has 4 heteroatoms. The van der Waals surface area contributed by atoms with Crippen molar-refractivity contribution in [2.45, 2.75) is 6.92 Å². The van der Waals surface area contributed by atoms with Crippen LogP contribution >= 0.6 is 0 Å². The Morgan fingerprint density at radius 2 is 2.40 bits per heavy atom. The molecule has 0 radical (unpaired) electrons. The molecular formula is C6H12N2O2. The quantitative estimate of drug-likeness (QED) is 0.558. The van der Waals surface area contributed by atoms with E-state index < -0.39 is 6.03 Å². The highest BCUT2D eigenvalue weighted by Crippen LogP contribution is 2.24. The van der Waals surface area contributed by atoms with Gasteiger partial charge in [-0.2, -0.15) is 0 Å². The third-order valence-electron chi connectivity index (χ3n) is 1.59. The molecule has 2 amide bonds. The molecule has 3 N–H and O–H groups in total. The molecule has 0 bridgehead atoms. The van der Waals surface area contributed by atoms with Crippen LogP contribution in [-0.4, -0.2) is 25.8 Å². The van der Waals surface area contributed by atoms with Gasteiger partial charge in [0.2, 0.25) is 0 Å². The number of nitrogens with one attached hydrogen (secondary N) is 1. The second-order valence-electron chi connectivity index (χ2n) is 3.02. The third-order valence-corrected chi connectivity index (χ3v) is 1.59. The lowest BCUT2D eigenvalue weighted by molar-refractivity contribution is -0.0974. The number of carbonyl (C=O) groups is 1. The molecule has 0 atom stereocenters. The summed E-state index contributed by atoms with van der Waals surface area (Å²) in [6.45, 7) is 4.09. The first-order valence-corrected chi connectivity index (χ1v) is 3.23. The van der Waals surface area contributed by atoms with Gasteiger partial charge in [0, 0.05) is 12.0 Å². The maximum absolute atomic E-state index is 10.3. The van der Waals surface area contributed by atoms with Crippen molar-refractivity contribution in [1.29, 1.82) is 0 Å². The Morgan fingerprint density at radius 1 is 1.80 bits per heavy atom. The second-order valence-corrected chi connectivity index (χ2v) is 3.02. The molecule has 0 aromatic heterocycles. The fourth-order valence-corrected chi connectivity index (χ4v) is 0.853. The summed E-state index contributed by atoms with van der Waals surface area (Å²) in [6, 6.07) is -0.465. The van der Waals surface area contributed by atoms with E-state index in [-0.39, 0.29) is 5.41 Å². The fraction of sp³-hybridized carbons (Fsp3) is 0.833. The summed E-state index contributed by atoms with van der Waals surface area (Å²) in [4.78, 5) is 10.3. The van der Waals surface area contributed by atoms with E-state index in [0.717, 1.165) is 0 Å². The lowest BCUT2D eigenvalue weighted by Gasteiger charge is -2.37. The molecule has 1 rings (SSSR count). The van der Waals surface area contributed by atoms with Gasteiger partial charge in [0.25, 0.3) is 0 Å². The summed E-state index contributed by atoms with van der Waals surface area (Å²) in [5.41, 5.74) is 5.01. The van der Waals surface area contributed by atoms with Gasteiger partial charge < -0.3 is 15.8 Å². The Bertz CT molecular complexity index is 143. The minimum Gasteiger partial charge on any atom is -0.380 e. The van der Waals surface area contributed by atoms with Crippen molar-refractivity contribution in [3.63, 3.8) is 0 Å². The van der Waals surface area contributed by atoms with Gasteiger partial charge in [0.05, 0.1) is 13.2 Å². The highest BCUT2D eigenvalue weighted by molar-refractivity contribution is 5.71. The van der Waals surface area contributed by atoms with Gasteiger partial charge in [-0.1, -0.05) is 6.92 Å². The molecule has 0 aliphatic carbocycles. The summed E-state index contributed by atoms with van der Waals surface area (Å²) < 4.78 is 4.98. The van der Waals surface area contributed by atoms with Crippen molar-refractivity contribution in [3.8, 4) is 0 Å². The van der Waals surface area contributed by atoms with Crippen molar-refractivity contribution in [2.24, 2.45) is 11.1 Å². The Kier molecular flexibility index (Phi) is 1.80. The standard InChI is InChI=1S/C6H12N2O2/c1-6(3-10-4-6)2-8-5(7)9/h2-4H2,1H3,(H3,7,8,9). The molecule has 0 spiro atoms. The zero-order valence-electron chi connectivity index (χ0n) is 6.02. The first-order chi connectivity index (χ1) is 4.62. The van der Waals surface area contributed by atoms with Gasteiger partial charge in [0.15, 0.2) is 0 Å². The Hall–Kier alpha value is -0.770. The molecular weight excluding hydrogens is 132 g/mol. The largest absolute Gasteiger partial charge is 0.380 e. The SMILES string of the molecule is CC1(CNC(N)=O)COC1. The van der Waals surface area contributed by atoms with Crippen molar-refractivity contribution in [3.05, 3.63) is 0 Å². The second kappa shape index (κ2) is 2.46. The van der Waals surface area contributed by atoms with Gasteiger partial charge >= 0.3 is 6.03 Å². The summed E-state index contributed by atoms with van der Waals surface area (Å²) in [5, 5.41) is 2.55. The molecule has 1 aliphatic heterocycles. The number of hydrogen-bond donors (Lipinski definition) is 2. The van der Waals surface area contributed by atoms with Gasteiger partial charge in [-0.25, -0.2) is 4.79 Å². The number of ether oxygens (including phenoxy) is 1. The Morgan fingerprint density at radius 3 is 2.70 bits per heavy atom. The van der Waals surface area contributed by atoms with Crippen molar-refractivity contribution < 1.29 is 9.53 Å². The summed E-state index contributed by atoms with van der Waals surface area (Å²) >= 11 is 0. The van der Waals surface area contributed by atoms with Crippen LogP contribution in [0, 0.1) is 5.41 Å². The molecule has 0 aromatic rings. The van der Waals surface area contributed by atoms with Crippen LogP contribution in [0.3, 0.4) is 0 Å². The smallest absolute Gasteiger partial charge is 0.312 e. The molecule has 0 unspecified atom stereocenters. The predicted octanol–water partition coefficient (Wildman–Crippen LogP) is -0.309. The minimum atomic E-state index is -0.465. The molecule has 10 heavy (non-hydrogen) atoms. The van der Waals surface area contributed by atoms with Crippen molar-refractivity contribution in [1.82, 2.24) is 5.32 Å². The van der Waals surface area contributed by atoms with Crippen LogP contribution in [0.15, 0.2) is 0 Å². The highest BCUT2D eigenvalue weighted by atomic mass is 16.5. The van der Waals surface area contributed by atoms with Crippen LogP contribution in [-0.2, 0) is 4.74 Å². The molecule has 0 saturated carbocycles. The van der Waals surface area contributed by atoms with E-state index in [9.17, 15) is 4.79 Å². The number of primary amides is 1. The number of amides is 2. The number of nitrogens with two attached hydrogens (primary N) is 1. The van der Waals surface area contributed by atoms with Gasteiger partial charge in [-0.05, 0) is 0 Å². The van der Waals surface area contributed by atoms with Crippen LogP contribution in [0.5, 0.6) is 0 Å². The zero-order chi connectivity index (χ0) is 7.61. The van der Waals surface area contributed by atoms with E-state index in [2.05, 4.69) is 5.32 Å². The number of urea groups is 1. The minimum absolute atomic E-state index is 0.120. The first-order valence-electron chi connectivity index (χ1n) is 3.23. The molecule has 1 fully saturated rings. The van der Waals surface area contributed by atoms with E-state index in [1.54, 1.807) is 0 Å². The van der Waals surface area contributed by atoms with Crippen molar-refractivity contribution >= 4 is 6.03 Å². The highest BCUT2D eigenvalue weighted by Gasteiger charge is 2.33. The monoisotopic (exact) mass is 144 g/mol. The number of rotatable bonds is 2. The lowest BCUT2D eigenvalue weighted by atomic mass is 9.89. The fourth-order valence-electron chi connectivity index (χ4n) is 0.853. The summed E-state index contributed by atoms with van der Waals surface area (Å²) in [6.07, 6.45) is 0. The number of carbonyl (C=O) groups excluding carboxylic acids is 1. The van der Waals surface area contributed by atoms with Crippen LogP contribution in [0.25, 0.3) is 0 Å². The van der Waals surface area contributed by atoms with Crippen molar-refractivity contribution in [2.75, 3.05) is 19.8 Å². The van der Waals surface area contributed by atoms with Crippen LogP contribution in [0.2, 0.25) is 0 Å². The zero-order valence-corrected chi connectivity index (χ0v) is 6.02. The molecule has 1 heterocycles. The summed E-state index contributed by atoms with van der Waals surface area (Å²) in [7, 11) is 0. The molecule has 1 aliphatic rings. The van der Waals surface area contributed by atoms with E-state index in [1.807, 2.05) is 6.92 Å². The van der Waals surface area contributed by atoms with E-state index in [1.165, 1.54) is 0 Å². The Labute approximate surface area is 59.7 Å². The molecule has 1 saturated heterocycles. The maximum atomic E-state index is 10.3. The van der Waals surface area contributed by atoms with E-state index >= 15 is 0 Å². The number of hydrogen-bond acceptors (Lipinski definition) is 2.